The van der Waals surface area contributed by atoms with Gasteiger partial charge in [-0.05, 0) is 13.3 Å². The highest BCUT2D eigenvalue weighted by Gasteiger charge is 2.50. The smallest absolute Gasteiger partial charge is 0.478 e. The fourth-order valence-corrected chi connectivity index (χ4v) is 4.44. The van der Waals surface area contributed by atoms with E-state index in [1.54, 1.807) is 21.3 Å². The Bertz CT molecular complexity index is 326. The van der Waals surface area contributed by atoms with E-state index in [1.165, 1.54) is 6.92 Å². The Morgan fingerprint density at radius 1 is 1.38 bits per heavy atom. The molecule has 0 amide bonds. The van der Waals surface area contributed by atoms with E-state index in [0.717, 1.165) is 31.7 Å². The molecule has 1 unspecified atom stereocenters. The van der Waals surface area contributed by atoms with E-state index in [-0.39, 0.29) is 5.57 Å². The normalized spacial score (nSPS) is 23.9. The lowest BCUT2D eigenvalue weighted by molar-refractivity contribution is -0.210. The monoisotopic (exact) mass is 320 g/mol. The van der Waals surface area contributed by atoms with Crippen LogP contribution in [0, 0.1) is 0 Å². The second-order valence-corrected chi connectivity index (χ2v) is 7.88. The average Bonchev–Trinajstić information content (AvgIpc) is 2.48. The second-order valence-electron chi connectivity index (χ2n) is 5.00. The van der Waals surface area contributed by atoms with Crippen molar-refractivity contribution >= 4 is 14.8 Å². The molecule has 0 aromatic carbocycles. The third kappa shape index (κ3) is 6.27. The van der Waals surface area contributed by atoms with Crippen LogP contribution < -0.4 is 0 Å². The number of methoxy groups -OCH3 is 1. The molecule has 6 nitrogen and oxygen atoms in total. The van der Waals surface area contributed by atoms with Gasteiger partial charge in [0.25, 0.3) is 0 Å². The lowest BCUT2D eigenvalue weighted by Gasteiger charge is -2.43. The van der Waals surface area contributed by atoms with Gasteiger partial charge in [-0.3, -0.25) is 0 Å². The zero-order valence-electron chi connectivity index (χ0n) is 13.7. The van der Waals surface area contributed by atoms with E-state index in [1.807, 2.05) is 0 Å². The van der Waals surface area contributed by atoms with Crippen LogP contribution >= 0.6 is 0 Å². The minimum atomic E-state index is -2.45. The van der Waals surface area contributed by atoms with Crippen molar-refractivity contribution in [3.8, 4) is 0 Å². The molecular formula is C14H28O6Si. The fraction of sp³-hybridized carbons (Fsp3) is 0.786. The van der Waals surface area contributed by atoms with Gasteiger partial charge in [0, 0.05) is 45.8 Å². The molecule has 1 N–H and O–H groups in total. The maximum Gasteiger partial charge on any atom is 0.502 e. The molecule has 0 aromatic rings. The standard InChI is InChI=1S/C10H22O4Si.C4H6O2/c1-5-7-10(11-2)8-6-9-15(12-3,13-4)14-10;1-3(2)4(5)6/h5-9H2,1-4H3;1H2,2H3,(H,5,6). The molecule has 1 rings (SSSR count). The molecule has 1 fully saturated rings. The molecule has 1 atom stereocenters. The van der Waals surface area contributed by atoms with Crippen LogP contribution in [0.2, 0.25) is 6.04 Å². The molecule has 0 spiro atoms. The summed E-state index contributed by atoms with van der Waals surface area (Å²) in [5.74, 6) is -1.42. The highest BCUT2D eigenvalue weighted by molar-refractivity contribution is 6.60. The summed E-state index contributed by atoms with van der Waals surface area (Å²) >= 11 is 0. The second kappa shape index (κ2) is 9.32. The van der Waals surface area contributed by atoms with Crippen molar-refractivity contribution < 1.29 is 27.9 Å². The number of carbonyl (C=O) groups is 1. The minimum absolute atomic E-state index is 0.176. The minimum Gasteiger partial charge on any atom is -0.478 e. The number of ether oxygens (including phenoxy) is 1. The summed E-state index contributed by atoms with van der Waals surface area (Å²) in [6, 6.07) is 0.884. The first-order valence-corrected chi connectivity index (χ1v) is 8.98. The van der Waals surface area contributed by atoms with Crippen molar-refractivity contribution in [2.24, 2.45) is 0 Å². The molecule has 124 valence electrons. The van der Waals surface area contributed by atoms with Crippen molar-refractivity contribution in [2.75, 3.05) is 21.3 Å². The van der Waals surface area contributed by atoms with Gasteiger partial charge in [0.1, 0.15) is 0 Å². The van der Waals surface area contributed by atoms with Crippen LogP contribution in [0.25, 0.3) is 0 Å². The summed E-state index contributed by atoms with van der Waals surface area (Å²) in [6.07, 6.45) is 3.90. The molecule has 7 heteroatoms. The molecule has 21 heavy (non-hydrogen) atoms. The quantitative estimate of drug-likeness (QED) is 0.599. The van der Waals surface area contributed by atoms with E-state index < -0.39 is 20.6 Å². The van der Waals surface area contributed by atoms with Crippen LogP contribution in [0.15, 0.2) is 12.2 Å². The zero-order chi connectivity index (χ0) is 16.5. The molecule has 0 aliphatic carbocycles. The molecule has 1 saturated heterocycles. The van der Waals surface area contributed by atoms with Gasteiger partial charge in [-0.2, -0.15) is 0 Å². The number of hydrogen-bond acceptors (Lipinski definition) is 5. The third-order valence-corrected chi connectivity index (χ3v) is 6.27. The maximum atomic E-state index is 9.60. The third-order valence-electron chi connectivity index (χ3n) is 3.37. The van der Waals surface area contributed by atoms with E-state index in [4.69, 9.17) is 23.1 Å². The number of hydrogen-bond donors (Lipinski definition) is 1. The van der Waals surface area contributed by atoms with Crippen molar-refractivity contribution in [1.82, 2.24) is 0 Å². The molecule has 0 saturated carbocycles. The zero-order valence-corrected chi connectivity index (χ0v) is 14.7. The predicted octanol–water partition coefficient (Wildman–Crippen LogP) is 2.82. The number of carboxylic acid groups (broad SMARTS) is 1. The highest BCUT2D eigenvalue weighted by atomic mass is 28.4. The van der Waals surface area contributed by atoms with Gasteiger partial charge in [-0.25, -0.2) is 4.79 Å². The Kier molecular flexibility index (Phi) is 8.99. The molecular weight excluding hydrogens is 292 g/mol. The van der Waals surface area contributed by atoms with E-state index in [0.29, 0.717) is 0 Å². The first-order chi connectivity index (χ1) is 9.80. The van der Waals surface area contributed by atoms with E-state index in [2.05, 4.69) is 13.5 Å². The molecule has 1 aliphatic heterocycles. The lowest BCUT2D eigenvalue weighted by atomic mass is 10.1. The maximum absolute atomic E-state index is 9.60. The Morgan fingerprint density at radius 3 is 2.24 bits per heavy atom. The van der Waals surface area contributed by atoms with Crippen LogP contribution in [0.4, 0.5) is 0 Å². The largest absolute Gasteiger partial charge is 0.502 e. The van der Waals surface area contributed by atoms with Gasteiger partial charge in [0.2, 0.25) is 0 Å². The highest BCUT2D eigenvalue weighted by Crippen LogP contribution is 2.37. The van der Waals surface area contributed by atoms with Crippen LogP contribution in [0.1, 0.15) is 39.5 Å². The molecule has 0 aromatic heterocycles. The van der Waals surface area contributed by atoms with E-state index >= 15 is 0 Å². The lowest BCUT2D eigenvalue weighted by Crippen LogP contribution is -2.56. The number of carboxylic acids is 1. The summed E-state index contributed by atoms with van der Waals surface area (Å²) in [6.45, 7) is 6.73. The van der Waals surface area contributed by atoms with Gasteiger partial charge in [-0.1, -0.05) is 19.9 Å². The van der Waals surface area contributed by atoms with Crippen LogP contribution in [-0.4, -0.2) is 47.0 Å². The van der Waals surface area contributed by atoms with Crippen LogP contribution in [0.5, 0.6) is 0 Å². The van der Waals surface area contributed by atoms with Gasteiger partial charge in [0.15, 0.2) is 5.79 Å². The van der Waals surface area contributed by atoms with Crippen molar-refractivity contribution in [3.05, 3.63) is 12.2 Å². The topological polar surface area (TPSA) is 74.2 Å². The summed E-state index contributed by atoms with van der Waals surface area (Å²) < 4.78 is 22.4. The Hall–Kier alpha value is -0.733. The van der Waals surface area contributed by atoms with Crippen molar-refractivity contribution in [2.45, 2.75) is 51.4 Å². The summed E-state index contributed by atoms with van der Waals surface area (Å²) in [7, 11) is 2.57. The average molecular weight is 320 g/mol. The molecule has 1 aliphatic rings. The Labute approximate surface area is 128 Å². The van der Waals surface area contributed by atoms with Crippen LogP contribution in [-0.2, 0) is 22.8 Å². The molecule has 1 heterocycles. The van der Waals surface area contributed by atoms with Gasteiger partial charge in [-0.15, -0.1) is 0 Å². The van der Waals surface area contributed by atoms with Crippen molar-refractivity contribution in [1.29, 1.82) is 0 Å². The van der Waals surface area contributed by atoms with Crippen LogP contribution in [0.3, 0.4) is 0 Å². The summed E-state index contributed by atoms with van der Waals surface area (Å²) in [4.78, 5) is 9.60. The van der Waals surface area contributed by atoms with Gasteiger partial charge >= 0.3 is 14.8 Å². The Morgan fingerprint density at radius 2 is 1.90 bits per heavy atom. The SMILES string of the molecule is C=C(C)C(=O)O.CCCC1(OC)CCC[Si](OC)(OC)O1. The van der Waals surface area contributed by atoms with Crippen molar-refractivity contribution in [3.63, 3.8) is 0 Å². The fourth-order valence-electron chi connectivity index (χ4n) is 2.13. The first kappa shape index (κ1) is 20.3. The van der Waals surface area contributed by atoms with Gasteiger partial charge < -0.3 is 23.1 Å². The van der Waals surface area contributed by atoms with E-state index in [9.17, 15) is 4.79 Å². The number of rotatable bonds is 6. The molecule has 0 radical (unpaired) electrons. The first-order valence-electron chi connectivity index (χ1n) is 7.04. The predicted molar refractivity (Wildman–Crippen MR) is 82.0 cm³/mol. The summed E-state index contributed by atoms with van der Waals surface area (Å²) in [5.41, 5.74) is 0.176. The molecule has 0 bridgehead atoms. The number of aliphatic carboxylic acids is 1. The Balaban J connectivity index is 0.000000567. The summed E-state index contributed by atoms with van der Waals surface area (Å²) in [5, 5.41) is 7.89. The van der Waals surface area contributed by atoms with Gasteiger partial charge in [0.05, 0.1) is 0 Å².